The normalized spacial score (nSPS) is 11.9. The largest absolute Gasteiger partial charge is 0.355 e. The van der Waals surface area contributed by atoms with E-state index in [1.54, 1.807) is 55.5 Å². The van der Waals surface area contributed by atoms with Crippen LogP contribution in [0.1, 0.15) is 18.1 Å². The van der Waals surface area contributed by atoms with E-state index in [-0.39, 0.29) is 23.5 Å². The van der Waals surface area contributed by atoms with Gasteiger partial charge in [0, 0.05) is 40.1 Å². The third kappa shape index (κ3) is 8.09. The molecule has 224 valence electrons. The van der Waals surface area contributed by atoms with Crippen LogP contribution in [0.3, 0.4) is 0 Å². The number of anilines is 1. The lowest BCUT2D eigenvalue weighted by Gasteiger charge is -2.34. The predicted octanol–water partition coefficient (Wildman–Crippen LogP) is 6.62. The van der Waals surface area contributed by atoms with Crippen molar-refractivity contribution in [3.8, 4) is 0 Å². The van der Waals surface area contributed by atoms with Gasteiger partial charge in [0.15, 0.2) is 0 Å². The van der Waals surface area contributed by atoms with Crippen LogP contribution in [-0.2, 0) is 32.6 Å². The Morgan fingerprint density at radius 1 is 0.791 bits per heavy atom. The Bertz CT molecular complexity index is 1630. The molecule has 1 N–H and O–H groups in total. The number of nitrogens with one attached hydrogen (secondary N) is 1. The number of hydrogen-bond acceptors (Lipinski definition) is 4. The first-order valence-electron chi connectivity index (χ1n) is 13.5. The van der Waals surface area contributed by atoms with Gasteiger partial charge in [0.05, 0.1) is 10.6 Å². The van der Waals surface area contributed by atoms with E-state index in [0.717, 1.165) is 9.87 Å². The van der Waals surface area contributed by atoms with Crippen LogP contribution in [0.25, 0.3) is 0 Å². The minimum absolute atomic E-state index is 0.0428. The molecule has 0 bridgehead atoms. The number of para-hydroxylation sites is 1. The van der Waals surface area contributed by atoms with Crippen LogP contribution in [0, 0.1) is 0 Å². The molecule has 0 saturated carbocycles. The third-order valence-corrected chi connectivity index (χ3v) is 9.49. The molecule has 11 heteroatoms. The van der Waals surface area contributed by atoms with Crippen LogP contribution in [-0.4, -0.2) is 44.3 Å². The van der Waals surface area contributed by atoms with E-state index in [4.69, 9.17) is 34.8 Å². The number of rotatable bonds is 12. The summed E-state index contributed by atoms with van der Waals surface area (Å²) in [6.07, 6.45) is 0.176. The highest BCUT2D eigenvalue weighted by molar-refractivity contribution is 7.92. The van der Waals surface area contributed by atoms with Gasteiger partial charge in [-0.25, -0.2) is 8.42 Å². The number of sulfonamides is 1. The van der Waals surface area contributed by atoms with Gasteiger partial charge in [-0.3, -0.25) is 13.9 Å². The molecule has 1 unspecified atom stereocenters. The Morgan fingerprint density at radius 2 is 1.37 bits per heavy atom. The fraction of sp³-hybridized carbons (Fsp3) is 0.188. The highest BCUT2D eigenvalue weighted by Crippen LogP contribution is 2.29. The molecule has 4 rings (SSSR count). The highest BCUT2D eigenvalue weighted by atomic mass is 35.5. The van der Waals surface area contributed by atoms with Crippen LogP contribution < -0.4 is 9.62 Å². The number of benzene rings is 4. The first-order chi connectivity index (χ1) is 20.6. The Morgan fingerprint density at radius 3 is 1.95 bits per heavy atom. The quantitative estimate of drug-likeness (QED) is 0.185. The first kappa shape index (κ1) is 32.4. The van der Waals surface area contributed by atoms with Crippen molar-refractivity contribution in [2.24, 2.45) is 0 Å². The van der Waals surface area contributed by atoms with Gasteiger partial charge >= 0.3 is 0 Å². The molecule has 1 atom stereocenters. The molecule has 0 aromatic heterocycles. The van der Waals surface area contributed by atoms with E-state index in [9.17, 15) is 18.0 Å². The van der Waals surface area contributed by atoms with E-state index in [2.05, 4.69) is 5.32 Å². The molecule has 4 aromatic carbocycles. The van der Waals surface area contributed by atoms with E-state index in [0.29, 0.717) is 27.2 Å². The smallest absolute Gasteiger partial charge is 0.264 e. The SMILES string of the molecule is CCNC(=O)C(Cc1ccccc1)N(Cc1c(Cl)cccc1Cl)C(=O)CN(c1ccccc1)S(=O)(=O)c1ccc(Cl)cc1. The van der Waals surface area contributed by atoms with Gasteiger partial charge in [0.2, 0.25) is 11.8 Å². The van der Waals surface area contributed by atoms with E-state index in [1.807, 2.05) is 30.3 Å². The summed E-state index contributed by atoms with van der Waals surface area (Å²) in [6.45, 7) is 1.39. The number of amides is 2. The van der Waals surface area contributed by atoms with Gasteiger partial charge in [-0.1, -0.05) is 89.4 Å². The number of halogens is 3. The van der Waals surface area contributed by atoms with Gasteiger partial charge in [0.25, 0.3) is 10.0 Å². The van der Waals surface area contributed by atoms with Crippen molar-refractivity contribution in [2.45, 2.75) is 30.8 Å². The van der Waals surface area contributed by atoms with Crippen molar-refractivity contribution >= 4 is 62.3 Å². The number of carbonyl (C=O) groups is 2. The molecule has 7 nitrogen and oxygen atoms in total. The third-order valence-electron chi connectivity index (χ3n) is 6.74. The minimum atomic E-state index is -4.23. The molecule has 0 saturated heterocycles. The van der Waals surface area contributed by atoms with Crippen molar-refractivity contribution in [2.75, 3.05) is 17.4 Å². The minimum Gasteiger partial charge on any atom is -0.355 e. The number of hydrogen-bond donors (Lipinski definition) is 1. The van der Waals surface area contributed by atoms with Crippen LogP contribution in [0.5, 0.6) is 0 Å². The molecule has 0 fully saturated rings. The zero-order valence-electron chi connectivity index (χ0n) is 23.3. The summed E-state index contributed by atoms with van der Waals surface area (Å²) >= 11 is 19.0. The molecule has 0 aliphatic rings. The van der Waals surface area contributed by atoms with Gasteiger partial charge in [0.1, 0.15) is 12.6 Å². The second kappa shape index (κ2) is 14.8. The average Bonchev–Trinajstić information content (AvgIpc) is 3.00. The van der Waals surface area contributed by atoms with Gasteiger partial charge in [-0.15, -0.1) is 0 Å². The second-order valence-electron chi connectivity index (χ2n) is 9.62. The number of likely N-dealkylation sites (N-methyl/N-ethyl adjacent to an activating group) is 1. The van der Waals surface area contributed by atoms with Crippen molar-refractivity contribution in [3.05, 3.63) is 129 Å². The molecule has 2 amide bonds. The zero-order chi connectivity index (χ0) is 31.0. The summed E-state index contributed by atoms with van der Waals surface area (Å²) < 4.78 is 28.9. The molecule has 0 radical (unpaired) electrons. The maximum atomic E-state index is 14.4. The first-order valence-corrected chi connectivity index (χ1v) is 16.1. The lowest BCUT2D eigenvalue weighted by atomic mass is 10.0. The van der Waals surface area contributed by atoms with Gasteiger partial charge in [-0.2, -0.15) is 0 Å². The molecule has 4 aromatic rings. The average molecular weight is 659 g/mol. The fourth-order valence-electron chi connectivity index (χ4n) is 4.56. The van der Waals surface area contributed by atoms with Gasteiger partial charge in [-0.05, 0) is 61.0 Å². The topological polar surface area (TPSA) is 86.8 Å². The Hall–Kier alpha value is -3.56. The summed E-state index contributed by atoms with van der Waals surface area (Å²) in [4.78, 5) is 29.2. The summed E-state index contributed by atoms with van der Waals surface area (Å²) in [5.41, 5.74) is 1.53. The zero-order valence-corrected chi connectivity index (χ0v) is 26.4. The van der Waals surface area contributed by atoms with E-state index in [1.165, 1.54) is 29.2 Å². The Balaban J connectivity index is 1.81. The molecular formula is C32H30Cl3N3O4S. The number of carbonyl (C=O) groups excluding carboxylic acids is 2. The van der Waals surface area contributed by atoms with Crippen LogP contribution in [0.4, 0.5) is 5.69 Å². The number of nitrogens with zero attached hydrogens (tertiary/aromatic N) is 2. The predicted molar refractivity (Wildman–Crippen MR) is 172 cm³/mol. The highest BCUT2D eigenvalue weighted by Gasteiger charge is 2.35. The van der Waals surface area contributed by atoms with Crippen LogP contribution in [0.2, 0.25) is 15.1 Å². The summed E-state index contributed by atoms with van der Waals surface area (Å²) in [5.74, 6) is -1.01. The maximum absolute atomic E-state index is 14.4. The van der Waals surface area contributed by atoms with E-state index >= 15 is 0 Å². The van der Waals surface area contributed by atoms with Crippen molar-refractivity contribution in [1.29, 1.82) is 0 Å². The summed E-state index contributed by atoms with van der Waals surface area (Å²) in [5, 5.41) is 3.82. The lowest BCUT2D eigenvalue weighted by molar-refractivity contribution is -0.140. The Kier molecular flexibility index (Phi) is 11.1. The maximum Gasteiger partial charge on any atom is 0.264 e. The molecular weight excluding hydrogens is 629 g/mol. The van der Waals surface area contributed by atoms with Crippen LogP contribution in [0.15, 0.2) is 108 Å². The monoisotopic (exact) mass is 657 g/mol. The Labute approximate surface area is 267 Å². The molecule has 0 aliphatic carbocycles. The van der Waals surface area contributed by atoms with E-state index < -0.39 is 34.4 Å². The summed E-state index contributed by atoms with van der Waals surface area (Å²) in [7, 11) is -4.23. The molecule has 0 heterocycles. The summed E-state index contributed by atoms with van der Waals surface area (Å²) in [6, 6.07) is 27.2. The van der Waals surface area contributed by atoms with Gasteiger partial charge < -0.3 is 10.2 Å². The van der Waals surface area contributed by atoms with Crippen molar-refractivity contribution in [1.82, 2.24) is 10.2 Å². The van der Waals surface area contributed by atoms with Crippen molar-refractivity contribution < 1.29 is 18.0 Å². The lowest BCUT2D eigenvalue weighted by Crippen LogP contribution is -2.53. The van der Waals surface area contributed by atoms with Crippen molar-refractivity contribution in [3.63, 3.8) is 0 Å². The van der Waals surface area contributed by atoms with Crippen LogP contribution >= 0.6 is 34.8 Å². The standard InChI is InChI=1S/C32H30Cl3N3O4S/c1-2-36-32(40)30(20-23-10-5-3-6-11-23)37(21-27-28(34)14-9-15-29(27)35)31(39)22-38(25-12-7-4-8-13-25)43(41,42)26-18-16-24(33)17-19-26/h3-19,30H,2,20-22H2,1H3,(H,36,40). The second-order valence-corrected chi connectivity index (χ2v) is 12.7. The molecule has 0 spiro atoms. The molecule has 0 aliphatic heterocycles. The molecule has 43 heavy (non-hydrogen) atoms. The fourth-order valence-corrected chi connectivity index (χ4v) is 6.61.